The number of halogens is 2. The van der Waals surface area contributed by atoms with Gasteiger partial charge in [0.1, 0.15) is 40.4 Å². The Bertz CT molecular complexity index is 1450. The molecular weight excluding hydrogens is 568 g/mol. The lowest BCUT2D eigenvalue weighted by Gasteiger charge is -2.40. The SMILES string of the molecule is Cc1cc(Nc2cc(N(C(=O)OC(C)(C)C)C(=O)OC(C)(C)C)ncn2)c(=O)n2c1C(=O)NC21CCN(CC(F)F)CC1. The molecule has 2 N–H and O–H groups in total. The maximum absolute atomic E-state index is 13.8. The van der Waals surface area contributed by atoms with Crippen LogP contribution < -0.4 is 21.1 Å². The highest BCUT2D eigenvalue weighted by molar-refractivity contribution is 6.09. The van der Waals surface area contributed by atoms with Crippen LogP contribution in [0.3, 0.4) is 0 Å². The summed E-state index contributed by atoms with van der Waals surface area (Å²) >= 11 is 0. The minimum Gasteiger partial charge on any atom is -0.443 e. The van der Waals surface area contributed by atoms with Gasteiger partial charge in [-0.2, -0.15) is 4.90 Å². The number of rotatable bonds is 5. The van der Waals surface area contributed by atoms with Gasteiger partial charge in [0.15, 0.2) is 5.82 Å². The first-order chi connectivity index (χ1) is 19.9. The van der Waals surface area contributed by atoms with Gasteiger partial charge in [-0.3, -0.25) is 19.1 Å². The average molecular weight is 606 g/mol. The van der Waals surface area contributed by atoms with E-state index in [0.29, 0.717) is 10.5 Å². The van der Waals surface area contributed by atoms with Crippen molar-refractivity contribution in [3.8, 4) is 0 Å². The minimum atomic E-state index is -2.49. The predicted molar refractivity (Wildman–Crippen MR) is 153 cm³/mol. The van der Waals surface area contributed by atoms with E-state index in [2.05, 4.69) is 20.6 Å². The number of nitrogens with zero attached hydrogens (tertiary/aromatic N) is 5. The highest BCUT2D eigenvalue weighted by Gasteiger charge is 2.46. The number of hydrogen-bond acceptors (Lipinski definition) is 10. The van der Waals surface area contributed by atoms with Crippen LogP contribution >= 0.6 is 0 Å². The predicted octanol–water partition coefficient (Wildman–Crippen LogP) is 4.12. The number of alkyl halides is 2. The van der Waals surface area contributed by atoms with E-state index in [1.54, 1.807) is 53.4 Å². The second-order valence-electron chi connectivity index (χ2n) is 12.6. The van der Waals surface area contributed by atoms with E-state index in [4.69, 9.17) is 9.47 Å². The number of likely N-dealkylation sites (tertiary alicyclic amines) is 1. The molecule has 1 fully saturated rings. The number of pyridine rings is 1. The molecule has 13 nitrogen and oxygen atoms in total. The number of imide groups is 1. The number of nitrogens with one attached hydrogen (secondary N) is 2. The second-order valence-corrected chi connectivity index (χ2v) is 12.6. The molecule has 43 heavy (non-hydrogen) atoms. The fraction of sp³-hybridized carbons (Fsp3) is 0.571. The summed E-state index contributed by atoms with van der Waals surface area (Å²) in [7, 11) is 0. The first-order valence-corrected chi connectivity index (χ1v) is 13.8. The molecule has 1 spiro atoms. The number of piperidine rings is 1. The van der Waals surface area contributed by atoms with Crippen LogP contribution in [0.1, 0.15) is 70.4 Å². The minimum absolute atomic E-state index is 0.0669. The van der Waals surface area contributed by atoms with Gasteiger partial charge in [-0.1, -0.05) is 0 Å². The maximum atomic E-state index is 13.8. The fourth-order valence-electron chi connectivity index (χ4n) is 5.05. The Morgan fingerprint density at radius 3 is 2.16 bits per heavy atom. The number of fused-ring (bicyclic) bond motifs is 2. The Morgan fingerprint density at radius 2 is 1.63 bits per heavy atom. The number of aromatic nitrogens is 3. The number of carbonyl (C=O) groups is 3. The van der Waals surface area contributed by atoms with Gasteiger partial charge in [0.25, 0.3) is 17.9 Å². The zero-order valence-electron chi connectivity index (χ0n) is 25.3. The Labute approximate surface area is 247 Å². The second kappa shape index (κ2) is 11.5. The molecule has 3 amide bonds. The van der Waals surface area contributed by atoms with Crippen molar-refractivity contribution in [1.29, 1.82) is 0 Å². The van der Waals surface area contributed by atoms with Gasteiger partial charge in [-0.05, 0) is 60.1 Å². The summed E-state index contributed by atoms with van der Waals surface area (Å²) in [6.07, 6.45) is -2.91. The van der Waals surface area contributed by atoms with Gasteiger partial charge < -0.3 is 20.1 Å². The van der Waals surface area contributed by atoms with Crippen LogP contribution in [0.25, 0.3) is 0 Å². The molecule has 0 radical (unpaired) electrons. The molecule has 0 unspecified atom stereocenters. The van der Waals surface area contributed by atoms with Crippen LogP contribution in [-0.2, 0) is 15.1 Å². The molecule has 2 aromatic rings. The molecule has 0 saturated carbocycles. The fourth-order valence-corrected chi connectivity index (χ4v) is 5.05. The van der Waals surface area contributed by atoms with E-state index in [0.717, 1.165) is 6.33 Å². The molecule has 0 atom stereocenters. The largest absolute Gasteiger partial charge is 0.443 e. The van der Waals surface area contributed by atoms with Gasteiger partial charge in [-0.15, -0.1) is 0 Å². The van der Waals surface area contributed by atoms with E-state index in [9.17, 15) is 28.0 Å². The third-order valence-corrected chi connectivity index (χ3v) is 6.76. The molecule has 2 aliphatic rings. The molecule has 2 aromatic heterocycles. The standard InChI is InChI=1S/C28H37F2N7O6/c1-16-12-17(23(39)37-21(16)22(38)34-28(37)8-10-35(11-9-28)14-18(29)30)33-19-13-20(32-15-31-19)36(24(40)42-26(2,3)4)25(41)43-27(5,6)7/h12-13,15,18H,8-11,14H2,1-7H3,(H,34,38)(H,31,32,33). The number of hydrogen-bond donors (Lipinski definition) is 2. The summed E-state index contributed by atoms with van der Waals surface area (Å²) in [5, 5.41) is 5.83. The monoisotopic (exact) mass is 605 g/mol. The lowest BCUT2D eigenvalue weighted by atomic mass is 9.96. The van der Waals surface area contributed by atoms with Crippen molar-refractivity contribution in [2.24, 2.45) is 0 Å². The van der Waals surface area contributed by atoms with Gasteiger partial charge in [0.2, 0.25) is 0 Å². The molecule has 0 bridgehead atoms. The first-order valence-electron chi connectivity index (χ1n) is 13.8. The molecule has 4 rings (SSSR count). The van der Waals surface area contributed by atoms with Gasteiger partial charge >= 0.3 is 12.2 Å². The van der Waals surface area contributed by atoms with Crippen molar-refractivity contribution < 1.29 is 32.6 Å². The quantitative estimate of drug-likeness (QED) is 0.510. The van der Waals surface area contributed by atoms with Crippen LogP contribution in [0.5, 0.6) is 0 Å². The Morgan fingerprint density at radius 1 is 1.05 bits per heavy atom. The van der Waals surface area contributed by atoms with Crippen molar-refractivity contribution in [3.05, 3.63) is 40.1 Å². The molecule has 0 aromatic carbocycles. The average Bonchev–Trinajstić information content (AvgIpc) is 3.14. The lowest BCUT2D eigenvalue weighted by molar-refractivity contribution is 0.0391. The number of ether oxygens (including phenoxy) is 2. The van der Waals surface area contributed by atoms with E-state index in [-0.39, 0.29) is 55.5 Å². The number of carbonyl (C=O) groups excluding carboxylic acids is 3. The third kappa shape index (κ3) is 7.09. The number of aryl methyl sites for hydroxylation is 1. The molecule has 4 heterocycles. The van der Waals surface area contributed by atoms with Crippen molar-refractivity contribution in [3.63, 3.8) is 0 Å². The molecule has 0 aliphatic carbocycles. The number of amides is 3. The van der Waals surface area contributed by atoms with Gasteiger partial charge in [0.05, 0.1) is 6.54 Å². The van der Waals surface area contributed by atoms with E-state index in [1.165, 1.54) is 16.7 Å². The molecule has 234 valence electrons. The van der Waals surface area contributed by atoms with Crippen LogP contribution in [0.15, 0.2) is 23.3 Å². The summed E-state index contributed by atoms with van der Waals surface area (Å²) in [4.78, 5) is 63.3. The van der Waals surface area contributed by atoms with Crippen LogP contribution in [0, 0.1) is 6.92 Å². The normalized spacial score (nSPS) is 16.6. The molecule has 2 aliphatic heterocycles. The summed E-state index contributed by atoms with van der Waals surface area (Å²) in [6, 6.07) is 2.78. The van der Waals surface area contributed by atoms with E-state index >= 15 is 0 Å². The van der Waals surface area contributed by atoms with E-state index < -0.39 is 46.9 Å². The summed E-state index contributed by atoms with van der Waals surface area (Å²) in [5.74, 6) is -0.519. The lowest BCUT2D eigenvalue weighted by Crippen LogP contribution is -2.55. The van der Waals surface area contributed by atoms with Crippen LogP contribution in [0.4, 0.5) is 35.7 Å². The zero-order chi connectivity index (χ0) is 31.9. The molecule has 15 heteroatoms. The summed E-state index contributed by atoms with van der Waals surface area (Å²) < 4.78 is 38.1. The highest BCUT2D eigenvalue weighted by Crippen LogP contribution is 2.34. The van der Waals surface area contributed by atoms with Crippen molar-refractivity contribution in [2.45, 2.75) is 84.6 Å². The van der Waals surface area contributed by atoms with Crippen molar-refractivity contribution in [2.75, 3.05) is 29.9 Å². The number of anilines is 3. The Hall–Kier alpha value is -4.14. The first kappa shape index (κ1) is 31.8. The van der Waals surface area contributed by atoms with Gasteiger partial charge in [0, 0.05) is 32.0 Å². The van der Waals surface area contributed by atoms with Crippen LogP contribution in [-0.4, -0.2) is 74.8 Å². The van der Waals surface area contributed by atoms with Crippen molar-refractivity contribution in [1.82, 2.24) is 24.8 Å². The Kier molecular flexibility index (Phi) is 8.51. The molecular formula is C28H37F2N7O6. The summed E-state index contributed by atoms with van der Waals surface area (Å²) in [6.45, 7) is 11.7. The maximum Gasteiger partial charge on any atom is 0.425 e. The zero-order valence-corrected chi connectivity index (χ0v) is 25.3. The smallest absolute Gasteiger partial charge is 0.425 e. The van der Waals surface area contributed by atoms with Crippen LogP contribution in [0.2, 0.25) is 0 Å². The molecule has 1 saturated heterocycles. The summed E-state index contributed by atoms with van der Waals surface area (Å²) in [5.41, 5.74) is -2.69. The van der Waals surface area contributed by atoms with E-state index in [1.807, 2.05) is 0 Å². The van der Waals surface area contributed by atoms with Gasteiger partial charge in [-0.25, -0.2) is 28.3 Å². The Balaban J connectivity index is 1.68. The topological polar surface area (TPSA) is 148 Å². The third-order valence-electron chi connectivity index (χ3n) is 6.76. The van der Waals surface area contributed by atoms with Crippen molar-refractivity contribution >= 4 is 35.4 Å². The highest BCUT2D eigenvalue weighted by atomic mass is 19.3.